The molecule has 0 amide bonds. The second-order valence-electron chi connectivity index (χ2n) is 4.90. The van der Waals surface area contributed by atoms with Gasteiger partial charge < -0.3 is 14.2 Å². The third-order valence-electron chi connectivity index (χ3n) is 4.24. The molecule has 0 aromatic carbocycles. The second-order valence-corrected chi connectivity index (χ2v) is 4.90. The van der Waals surface area contributed by atoms with Gasteiger partial charge in [-0.15, -0.1) is 0 Å². The molecule has 0 aliphatic heterocycles. The molecule has 4 nitrogen and oxygen atoms in total. The Hall–Kier alpha value is -0.450. The predicted octanol–water partition coefficient (Wildman–Crippen LogP) is 2.16. The Kier molecular flexibility index (Phi) is 5.10. The SMILES string of the molecule is COCCC1(C(C)=O)CCC(OC)(OC)CC1. The molecule has 0 saturated heterocycles. The predicted molar refractivity (Wildman–Crippen MR) is 64.8 cm³/mol. The summed E-state index contributed by atoms with van der Waals surface area (Å²) >= 11 is 0. The summed E-state index contributed by atoms with van der Waals surface area (Å²) in [5, 5.41) is 0. The maximum absolute atomic E-state index is 11.9. The van der Waals surface area contributed by atoms with E-state index < -0.39 is 5.79 Å². The van der Waals surface area contributed by atoms with Crippen molar-refractivity contribution in [2.45, 2.75) is 44.8 Å². The van der Waals surface area contributed by atoms with E-state index in [1.165, 1.54) is 0 Å². The zero-order valence-corrected chi connectivity index (χ0v) is 11.4. The first-order valence-electron chi connectivity index (χ1n) is 6.14. The second kappa shape index (κ2) is 5.94. The first-order valence-corrected chi connectivity index (χ1v) is 6.14. The maximum atomic E-state index is 11.9. The number of ketones is 1. The van der Waals surface area contributed by atoms with E-state index >= 15 is 0 Å². The van der Waals surface area contributed by atoms with E-state index in [0.717, 1.165) is 32.1 Å². The van der Waals surface area contributed by atoms with Gasteiger partial charge in [0.2, 0.25) is 0 Å². The Bertz CT molecular complexity index is 248. The first-order chi connectivity index (χ1) is 8.04. The zero-order valence-electron chi connectivity index (χ0n) is 11.4. The lowest BCUT2D eigenvalue weighted by Crippen LogP contribution is -2.45. The van der Waals surface area contributed by atoms with Crippen molar-refractivity contribution in [1.29, 1.82) is 0 Å². The number of carbonyl (C=O) groups is 1. The van der Waals surface area contributed by atoms with Gasteiger partial charge >= 0.3 is 0 Å². The molecular weight excluding hydrogens is 220 g/mol. The van der Waals surface area contributed by atoms with Crippen LogP contribution in [0.4, 0.5) is 0 Å². The van der Waals surface area contributed by atoms with Crippen LogP contribution in [0.5, 0.6) is 0 Å². The summed E-state index contributed by atoms with van der Waals surface area (Å²) in [5.74, 6) is -0.234. The van der Waals surface area contributed by atoms with E-state index in [2.05, 4.69) is 0 Å². The Morgan fingerprint density at radius 2 is 1.59 bits per heavy atom. The summed E-state index contributed by atoms with van der Waals surface area (Å²) in [7, 11) is 5.00. The third kappa shape index (κ3) is 3.06. The molecule has 1 saturated carbocycles. The lowest BCUT2D eigenvalue weighted by Gasteiger charge is -2.43. The molecule has 4 heteroatoms. The van der Waals surface area contributed by atoms with Gasteiger partial charge in [-0.25, -0.2) is 0 Å². The Morgan fingerprint density at radius 1 is 1.06 bits per heavy atom. The van der Waals surface area contributed by atoms with Crippen molar-refractivity contribution in [2.75, 3.05) is 27.9 Å². The van der Waals surface area contributed by atoms with Crippen LogP contribution < -0.4 is 0 Å². The van der Waals surface area contributed by atoms with Crippen LogP contribution >= 0.6 is 0 Å². The third-order valence-corrected chi connectivity index (χ3v) is 4.24. The van der Waals surface area contributed by atoms with E-state index in [9.17, 15) is 4.79 Å². The molecule has 0 bridgehead atoms. The molecule has 1 aliphatic rings. The number of rotatable bonds is 6. The van der Waals surface area contributed by atoms with Gasteiger partial charge in [-0.05, 0) is 26.2 Å². The van der Waals surface area contributed by atoms with Gasteiger partial charge in [-0.3, -0.25) is 4.79 Å². The van der Waals surface area contributed by atoms with Crippen LogP contribution in [0.15, 0.2) is 0 Å². The van der Waals surface area contributed by atoms with Crippen LogP contribution in [0.25, 0.3) is 0 Å². The molecular formula is C13H24O4. The highest BCUT2D eigenvalue weighted by atomic mass is 16.7. The summed E-state index contributed by atoms with van der Waals surface area (Å²) in [6.07, 6.45) is 3.95. The summed E-state index contributed by atoms with van der Waals surface area (Å²) in [5.41, 5.74) is -0.240. The van der Waals surface area contributed by atoms with Crippen LogP contribution in [-0.4, -0.2) is 39.5 Å². The van der Waals surface area contributed by atoms with Gasteiger partial charge in [0.25, 0.3) is 0 Å². The molecule has 0 spiro atoms. The van der Waals surface area contributed by atoms with Crippen LogP contribution in [0.1, 0.15) is 39.0 Å². The number of hydrogen-bond donors (Lipinski definition) is 0. The molecule has 1 fully saturated rings. The fourth-order valence-electron chi connectivity index (χ4n) is 2.68. The summed E-state index contributed by atoms with van der Waals surface area (Å²) in [4.78, 5) is 11.9. The Balaban J connectivity index is 2.70. The molecule has 0 atom stereocenters. The molecule has 0 unspecified atom stereocenters. The van der Waals surface area contributed by atoms with E-state index in [4.69, 9.17) is 14.2 Å². The van der Waals surface area contributed by atoms with Gasteiger partial charge in [0, 0.05) is 46.2 Å². The highest BCUT2D eigenvalue weighted by Crippen LogP contribution is 2.45. The molecule has 1 aliphatic carbocycles. The van der Waals surface area contributed by atoms with E-state index in [0.29, 0.717) is 6.61 Å². The Labute approximate surface area is 104 Å². The number of methoxy groups -OCH3 is 3. The maximum Gasteiger partial charge on any atom is 0.167 e. The standard InChI is InChI=1S/C13H24O4/c1-11(14)12(9-10-15-2)5-7-13(16-3,17-4)8-6-12/h5-10H2,1-4H3. The van der Waals surface area contributed by atoms with Crippen LogP contribution in [0.2, 0.25) is 0 Å². The Morgan fingerprint density at radius 3 is 1.94 bits per heavy atom. The molecule has 0 aromatic rings. The van der Waals surface area contributed by atoms with Crippen LogP contribution in [-0.2, 0) is 19.0 Å². The largest absolute Gasteiger partial charge is 0.385 e. The molecule has 17 heavy (non-hydrogen) atoms. The molecule has 1 rings (SSSR count). The van der Waals surface area contributed by atoms with Crippen LogP contribution in [0.3, 0.4) is 0 Å². The van der Waals surface area contributed by atoms with E-state index in [1.807, 2.05) is 0 Å². The van der Waals surface area contributed by atoms with Gasteiger partial charge in [0.15, 0.2) is 5.79 Å². The number of Topliss-reactive ketones (excluding diaryl/α,β-unsaturated/α-hetero) is 1. The van der Waals surface area contributed by atoms with Gasteiger partial charge in [-0.1, -0.05) is 0 Å². The smallest absolute Gasteiger partial charge is 0.167 e. The molecule has 0 aromatic heterocycles. The number of hydrogen-bond acceptors (Lipinski definition) is 4. The van der Waals surface area contributed by atoms with Crippen molar-refractivity contribution in [3.8, 4) is 0 Å². The molecule has 0 radical (unpaired) electrons. The first kappa shape index (κ1) is 14.6. The fourth-order valence-corrected chi connectivity index (χ4v) is 2.68. The van der Waals surface area contributed by atoms with Gasteiger partial charge in [0.1, 0.15) is 5.78 Å². The van der Waals surface area contributed by atoms with Crippen molar-refractivity contribution in [3.05, 3.63) is 0 Å². The molecule has 0 heterocycles. The molecule has 0 N–H and O–H groups in total. The summed E-state index contributed by atoms with van der Waals surface area (Å²) in [6.45, 7) is 2.31. The molecule has 100 valence electrons. The summed E-state index contributed by atoms with van der Waals surface area (Å²) < 4.78 is 16.0. The lowest BCUT2D eigenvalue weighted by molar-refractivity contribution is -0.234. The van der Waals surface area contributed by atoms with Crippen molar-refractivity contribution in [1.82, 2.24) is 0 Å². The van der Waals surface area contributed by atoms with Gasteiger partial charge in [0.05, 0.1) is 0 Å². The topological polar surface area (TPSA) is 44.8 Å². The average Bonchev–Trinajstić information content (AvgIpc) is 2.37. The highest BCUT2D eigenvalue weighted by molar-refractivity contribution is 5.82. The average molecular weight is 244 g/mol. The minimum atomic E-state index is -0.494. The van der Waals surface area contributed by atoms with E-state index in [-0.39, 0.29) is 11.2 Å². The minimum absolute atomic E-state index is 0.240. The van der Waals surface area contributed by atoms with Crippen molar-refractivity contribution in [3.63, 3.8) is 0 Å². The number of carbonyl (C=O) groups excluding carboxylic acids is 1. The minimum Gasteiger partial charge on any atom is -0.385 e. The fraction of sp³-hybridized carbons (Fsp3) is 0.923. The van der Waals surface area contributed by atoms with Gasteiger partial charge in [-0.2, -0.15) is 0 Å². The van der Waals surface area contributed by atoms with Crippen LogP contribution in [0, 0.1) is 5.41 Å². The monoisotopic (exact) mass is 244 g/mol. The van der Waals surface area contributed by atoms with Crippen molar-refractivity contribution in [2.24, 2.45) is 5.41 Å². The normalized spacial score (nSPS) is 22.4. The number of ether oxygens (including phenoxy) is 3. The lowest BCUT2D eigenvalue weighted by atomic mass is 9.67. The zero-order chi connectivity index (χ0) is 12.9. The quantitative estimate of drug-likeness (QED) is 0.672. The highest BCUT2D eigenvalue weighted by Gasteiger charge is 2.45. The summed E-state index contributed by atoms with van der Waals surface area (Å²) in [6, 6.07) is 0. The van der Waals surface area contributed by atoms with Crippen molar-refractivity contribution < 1.29 is 19.0 Å². The van der Waals surface area contributed by atoms with E-state index in [1.54, 1.807) is 28.3 Å². The van der Waals surface area contributed by atoms with Crippen molar-refractivity contribution >= 4 is 5.78 Å².